The molecule has 7 nitrogen and oxygen atoms in total. The fourth-order valence-electron chi connectivity index (χ4n) is 3.79. The lowest BCUT2D eigenvalue weighted by Crippen LogP contribution is -2.34. The number of nitrogens with zero attached hydrogens (tertiary/aromatic N) is 2. The number of benzene rings is 2. The molecule has 0 saturated carbocycles. The first kappa shape index (κ1) is 27.1. The Morgan fingerprint density at radius 2 is 1.72 bits per heavy atom. The molecule has 0 fully saturated rings. The van der Waals surface area contributed by atoms with E-state index < -0.39 is 11.7 Å². The van der Waals surface area contributed by atoms with Crippen LogP contribution in [0.1, 0.15) is 67.5 Å². The number of aryl methyl sites for hydroxylation is 2. The van der Waals surface area contributed by atoms with E-state index in [0.717, 1.165) is 27.9 Å². The van der Waals surface area contributed by atoms with Gasteiger partial charge in [0.25, 0.3) is 0 Å². The van der Waals surface area contributed by atoms with Crippen molar-refractivity contribution in [3.8, 4) is 0 Å². The fourth-order valence-corrected chi connectivity index (χ4v) is 3.98. The minimum atomic E-state index is -0.544. The van der Waals surface area contributed by atoms with E-state index in [1.54, 1.807) is 6.20 Å². The van der Waals surface area contributed by atoms with Crippen LogP contribution in [-0.4, -0.2) is 27.6 Å². The first-order valence-electron chi connectivity index (χ1n) is 11.9. The van der Waals surface area contributed by atoms with E-state index in [0.29, 0.717) is 30.1 Å². The third-order valence-corrected chi connectivity index (χ3v) is 5.87. The van der Waals surface area contributed by atoms with E-state index in [2.05, 4.69) is 10.3 Å². The van der Waals surface area contributed by atoms with Gasteiger partial charge in [0, 0.05) is 12.6 Å². The number of nitrogens with one attached hydrogen (secondary N) is 1. The Labute approximate surface area is 217 Å². The van der Waals surface area contributed by atoms with Crippen molar-refractivity contribution in [1.29, 1.82) is 0 Å². The molecule has 3 rings (SSSR count). The monoisotopic (exact) mass is 508 g/mol. The van der Waals surface area contributed by atoms with Gasteiger partial charge < -0.3 is 15.8 Å². The number of nitrogens with two attached hydrogens (primary N) is 1. The highest BCUT2D eigenvalue weighted by atomic mass is 35.5. The average molecular weight is 509 g/mol. The third kappa shape index (κ3) is 8.34. The molecule has 0 spiro atoms. The number of halogens is 1. The lowest BCUT2D eigenvalue weighted by Gasteiger charge is -2.22. The molecule has 36 heavy (non-hydrogen) atoms. The molecule has 0 radical (unpaired) electrons. The first-order valence-corrected chi connectivity index (χ1v) is 12.3. The van der Waals surface area contributed by atoms with Crippen molar-refractivity contribution in [3.05, 3.63) is 93.5 Å². The Bertz CT molecular complexity index is 1210. The summed E-state index contributed by atoms with van der Waals surface area (Å²) in [5.74, 6) is 0.318. The Morgan fingerprint density at radius 1 is 1.06 bits per heavy atom. The number of hydrogen-bond donors (Lipinski definition) is 2. The van der Waals surface area contributed by atoms with Gasteiger partial charge in [0.2, 0.25) is 5.91 Å². The van der Waals surface area contributed by atoms with Crippen LogP contribution in [0.2, 0.25) is 5.02 Å². The molecular weight excluding hydrogens is 476 g/mol. The molecule has 3 N–H and O–H groups in total. The second kappa shape index (κ2) is 12.0. The van der Waals surface area contributed by atoms with Gasteiger partial charge in [-0.3, -0.25) is 4.79 Å². The van der Waals surface area contributed by atoms with Crippen molar-refractivity contribution >= 4 is 23.6 Å². The summed E-state index contributed by atoms with van der Waals surface area (Å²) in [6, 6.07) is 15.5. The molecule has 3 aromatic rings. The predicted octanol–water partition coefficient (Wildman–Crippen LogP) is 5.12. The molecule has 1 atom stereocenters. The number of carbonyl (C=O) groups excluding carboxylic acids is 2. The summed E-state index contributed by atoms with van der Waals surface area (Å²) in [6.45, 7) is 7.41. The molecular formula is C28H33ClN4O3. The number of hydrogen-bond acceptors (Lipinski definition) is 5. The van der Waals surface area contributed by atoms with Crippen LogP contribution < -0.4 is 11.1 Å². The molecule has 190 valence electrons. The van der Waals surface area contributed by atoms with Gasteiger partial charge in [-0.2, -0.15) is 0 Å². The number of rotatable bonds is 9. The van der Waals surface area contributed by atoms with Crippen molar-refractivity contribution in [3.63, 3.8) is 0 Å². The molecule has 0 aliphatic rings. The molecule has 0 saturated heterocycles. The van der Waals surface area contributed by atoms with Gasteiger partial charge in [0.05, 0.1) is 23.2 Å². The molecule has 2 aromatic carbocycles. The second-order valence-corrected chi connectivity index (χ2v) is 10.2. The molecule has 0 aliphatic heterocycles. The van der Waals surface area contributed by atoms with Crippen LogP contribution in [0.3, 0.4) is 0 Å². The van der Waals surface area contributed by atoms with E-state index >= 15 is 0 Å². The van der Waals surface area contributed by atoms with E-state index in [-0.39, 0.29) is 18.4 Å². The Hall–Kier alpha value is -3.45. The number of ether oxygens (including phenoxy) is 1. The van der Waals surface area contributed by atoms with Crippen LogP contribution in [0.15, 0.2) is 54.7 Å². The van der Waals surface area contributed by atoms with Crippen LogP contribution in [0, 0.1) is 0 Å². The van der Waals surface area contributed by atoms with Crippen molar-refractivity contribution in [2.24, 2.45) is 5.73 Å². The zero-order valence-corrected chi connectivity index (χ0v) is 21.9. The highest BCUT2D eigenvalue weighted by Crippen LogP contribution is 2.20. The summed E-state index contributed by atoms with van der Waals surface area (Å²) in [5.41, 5.74) is 9.59. The van der Waals surface area contributed by atoms with E-state index in [9.17, 15) is 9.59 Å². The maximum absolute atomic E-state index is 12.0. The highest BCUT2D eigenvalue weighted by molar-refractivity contribution is 6.31. The van der Waals surface area contributed by atoms with Gasteiger partial charge in [-0.05, 0) is 62.8 Å². The smallest absolute Gasteiger partial charge is 0.408 e. The van der Waals surface area contributed by atoms with Gasteiger partial charge in [0.1, 0.15) is 11.4 Å². The zero-order chi connectivity index (χ0) is 26.3. The summed E-state index contributed by atoms with van der Waals surface area (Å²) >= 11 is 6.38. The minimum absolute atomic E-state index is 0.190. The average Bonchev–Trinajstić information content (AvgIpc) is 2.79. The topological polar surface area (TPSA) is 107 Å². The summed E-state index contributed by atoms with van der Waals surface area (Å²) in [6.07, 6.45) is 3.26. The van der Waals surface area contributed by atoms with Gasteiger partial charge in [-0.15, -0.1) is 0 Å². The van der Waals surface area contributed by atoms with Crippen LogP contribution in [0.4, 0.5) is 4.79 Å². The van der Waals surface area contributed by atoms with E-state index in [4.69, 9.17) is 27.1 Å². The van der Waals surface area contributed by atoms with E-state index in [1.807, 2.05) is 76.2 Å². The van der Waals surface area contributed by atoms with Gasteiger partial charge in [0.15, 0.2) is 0 Å². The number of aromatic nitrogens is 2. The molecule has 8 heteroatoms. The second-order valence-electron chi connectivity index (χ2n) is 9.78. The largest absolute Gasteiger partial charge is 0.444 e. The number of amides is 2. The first-order chi connectivity index (χ1) is 17.0. The normalized spacial score (nSPS) is 12.1. The lowest BCUT2D eigenvalue weighted by atomic mass is 9.99. The Morgan fingerprint density at radius 3 is 2.36 bits per heavy atom. The molecule has 2 amide bonds. The molecule has 1 unspecified atom stereocenters. The van der Waals surface area contributed by atoms with E-state index in [1.165, 1.54) is 0 Å². The highest BCUT2D eigenvalue weighted by Gasteiger charge is 2.18. The van der Waals surface area contributed by atoms with Crippen molar-refractivity contribution in [2.45, 2.75) is 65.0 Å². The van der Waals surface area contributed by atoms with Crippen molar-refractivity contribution < 1.29 is 14.3 Å². The predicted molar refractivity (Wildman–Crippen MR) is 141 cm³/mol. The zero-order valence-electron chi connectivity index (χ0n) is 21.2. The molecule has 0 bridgehead atoms. The standard InChI is InChI=1S/C28H33ClN4O3/c1-18(32-27(35)36-28(2,3)4)20-11-9-19(10-12-20)15-26-31-17-23(29)24(33-26)14-13-21-7-5-6-8-22(21)16-25(30)34/h5-12,17-18H,13-16H2,1-4H3,(H2,30,34)(H,32,35). The maximum Gasteiger partial charge on any atom is 0.408 e. The molecule has 1 heterocycles. The summed E-state index contributed by atoms with van der Waals surface area (Å²) < 4.78 is 5.33. The van der Waals surface area contributed by atoms with Crippen LogP contribution in [0.5, 0.6) is 0 Å². The van der Waals surface area contributed by atoms with Gasteiger partial charge in [-0.25, -0.2) is 14.8 Å². The number of primary amides is 1. The van der Waals surface area contributed by atoms with Crippen molar-refractivity contribution in [2.75, 3.05) is 0 Å². The number of alkyl carbamates (subject to hydrolysis) is 1. The Kier molecular flexibility index (Phi) is 9.04. The minimum Gasteiger partial charge on any atom is -0.444 e. The van der Waals surface area contributed by atoms with Crippen LogP contribution >= 0.6 is 11.6 Å². The summed E-state index contributed by atoms with van der Waals surface area (Å²) in [7, 11) is 0. The van der Waals surface area contributed by atoms with Gasteiger partial charge in [-0.1, -0.05) is 60.1 Å². The number of carbonyl (C=O) groups is 2. The third-order valence-electron chi connectivity index (χ3n) is 5.56. The quantitative estimate of drug-likeness (QED) is 0.417. The SMILES string of the molecule is CC(NC(=O)OC(C)(C)C)c1ccc(Cc2ncc(Cl)c(CCc3ccccc3CC(N)=O)n2)cc1. The van der Waals surface area contributed by atoms with Crippen LogP contribution in [0.25, 0.3) is 0 Å². The summed E-state index contributed by atoms with van der Waals surface area (Å²) in [5, 5.41) is 3.37. The maximum atomic E-state index is 12.0. The summed E-state index contributed by atoms with van der Waals surface area (Å²) in [4.78, 5) is 32.5. The molecule has 0 aliphatic carbocycles. The fraction of sp³-hybridized carbons (Fsp3) is 0.357. The lowest BCUT2D eigenvalue weighted by molar-refractivity contribution is -0.117. The van der Waals surface area contributed by atoms with Crippen molar-refractivity contribution in [1.82, 2.24) is 15.3 Å². The van der Waals surface area contributed by atoms with Gasteiger partial charge >= 0.3 is 6.09 Å². The van der Waals surface area contributed by atoms with Crippen LogP contribution in [-0.2, 0) is 35.2 Å². The molecule has 1 aromatic heterocycles. The Balaban J connectivity index is 1.63.